The summed E-state index contributed by atoms with van der Waals surface area (Å²) in [4.78, 5) is 0. The number of hydrogen-bond acceptors (Lipinski definition) is 1. The Balaban J connectivity index is 2.92. The van der Waals surface area contributed by atoms with Crippen LogP contribution in [0, 0.1) is 5.92 Å². The number of aliphatic hydroxyl groups is 1. The summed E-state index contributed by atoms with van der Waals surface area (Å²) < 4.78 is 0. The monoisotopic (exact) mass is 192 g/mol. The Morgan fingerprint density at radius 3 is 2.14 bits per heavy atom. The van der Waals surface area contributed by atoms with Gasteiger partial charge in [-0.2, -0.15) is 0 Å². The van der Waals surface area contributed by atoms with E-state index in [0.29, 0.717) is 5.92 Å². The lowest BCUT2D eigenvalue weighted by Gasteiger charge is -2.09. The molecule has 1 aromatic carbocycles. The standard InChI is InChI=1S/C13H20O/c1-4-11-6-12(5-10(2)3)8-13(7-11)9-14/h6-8,10,14H,4-5,9H2,1-3H3. The second kappa shape index (κ2) is 5.16. The average molecular weight is 192 g/mol. The molecule has 0 aliphatic carbocycles. The molecule has 78 valence electrons. The van der Waals surface area contributed by atoms with Crippen LogP contribution in [0.2, 0.25) is 0 Å². The molecule has 0 radical (unpaired) electrons. The minimum absolute atomic E-state index is 0.152. The number of benzene rings is 1. The highest BCUT2D eigenvalue weighted by Gasteiger charge is 2.01. The van der Waals surface area contributed by atoms with Crippen LogP contribution in [0.5, 0.6) is 0 Å². The van der Waals surface area contributed by atoms with Gasteiger partial charge in [0.15, 0.2) is 0 Å². The van der Waals surface area contributed by atoms with Crippen LogP contribution >= 0.6 is 0 Å². The molecule has 1 rings (SSSR count). The van der Waals surface area contributed by atoms with Crippen molar-refractivity contribution in [2.75, 3.05) is 0 Å². The lowest BCUT2D eigenvalue weighted by Crippen LogP contribution is -1.97. The Hall–Kier alpha value is -0.820. The van der Waals surface area contributed by atoms with Gasteiger partial charge in [0.1, 0.15) is 0 Å². The lowest BCUT2D eigenvalue weighted by molar-refractivity contribution is 0.281. The van der Waals surface area contributed by atoms with E-state index in [-0.39, 0.29) is 6.61 Å². The molecule has 0 aliphatic heterocycles. The molecule has 0 aromatic heterocycles. The van der Waals surface area contributed by atoms with Crippen molar-refractivity contribution in [3.63, 3.8) is 0 Å². The summed E-state index contributed by atoms with van der Waals surface area (Å²) in [6, 6.07) is 6.45. The molecule has 0 saturated heterocycles. The maximum absolute atomic E-state index is 9.12. The van der Waals surface area contributed by atoms with E-state index < -0.39 is 0 Å². The molecule has 0 amide bonds. The van der Waals surface area contributed by atoms with Gasteiger partial charge < -0.3 is 5.11 Å². The smallest absolute Gasteiger partial charge is 0.0682 e. The van der Waals surface area contributed by atoms with Crippen molar-refractivity contribution in [3.05, 3.63) is 34.9 Å². The van der Waals surface area contributed by atoms with Gasteiger partial charge in [0.05, 0.1) is 6.61 Å². The number of rotatable bonds is 4. The van der Waals surface area contributed by atoms with Gasteiger partial charge in [-0.1, -0.05) is 39.0 Å². The second-order valence-corrected chi connectivity index (χ2v) is 4.27. The fourth-order valence-electron chi connectivity index (χ4n) is 1.72. The zero-order chi connectivity index (χ0) is 10.6. The normalized spacial score (nSPS) is 10.9. The molecule has 0 spiro atoms. The summed E-state index contributed by atoms with van der Waals surface area (Å²) in [5.74, 6) is 0.675. The van der Waals surface area contributed by atoms with Crippen LogP contribution in [-0.2, 0) is 19.4 Å². The molecular formula is C13H20O. The van der Waals surface area contributed by atoms with Gasteiger partial charge in [0.2, 0.25) is 0 Å². The highest BCUT2D eigenvalue weighted by atomic mass is 16.3. The third-order valence-corrected chi connectivity index (χ3v) is 2.35. The number of hydrogen-bond donors (Lipinski definition) is 1. The topological polar surface area (TPSA) is 20.2 Å². The molecular weight excluding hydrogens is 172 g/mol. The van der Waals surface area contributed by atoms with Crippen molar-refractivity contribution in [2.45, 2.75) is 40.2 Å². The fourth-order valence-corrected chi connectivity index (χ4v) is 1.72. The molecule has 0 atom stereocenters. The molecule has 1 N–H and O–H groups in total. The van der Waals surface area contributed by atoms with Crippen LogP contribution in [0.1, 0.15) is 37.5 Å². The van der Waals surface area contributed by atoms with Gasteiger partial charge in [0.25, 0.3) is 0 Å². The fraction of sp³-hybridized carbons (Fsp3) is 0.538. The summed E-state index contributed by atoms with van der Waals surface area (Å²) in [7, 11) is 0. The molecule has 0 heterocycles. The first-order valence-electron chi connectivity index (χ1n) is 5.38. The van der Waals surface area contributed by atoms with Gasteiger partial charge in [0, 0.05) is 0 Å². The van der Waals surface area contributed by atoms with Crippen molar-refractivity contribution >= 4 is 0 Å². The van der Waals surface area contributed by atoms with Gasteiger partial charge in [-0.15, -0.1) is 0 Å². The van der Waals surface area contributed by atoms with E-state index in [4.69, 9.17) is 5.11 Å². The van der Waals surface area contributed by atoms with Crippen molar-refractivity contribution in [3.8, 4) is 0 Å². The van der Waals surface area contributed by atoms with Crippen LogP contribution in [0.25, 0.3) is 0 Å². The van der Waals surface area contributed by atoms with Crippen LogP contribution in [0.15, 0.2) is 18.2 Å². The SMILES string of the molecule is CCc1cc(CO)cc(CC(C)C)c1. The summed E-state index contributed by atoms with van der Waals surface area (Å²) in [6.07, 6.45) is 2.14. The molecule has 0 saturated carbocycles. The van der Waals surface area contributed by atoms with Gasteiger partial charge in [-0.25, -0.2) is 0 Å². The highest BCUT2D eigenvalue weighted by molar-refractivity contribution is 5.30. The van der Waals surface area contributed by atoms with E-state index in [1.165, 1.54) is 11.1 Å². The molecule has 0 bridgehead atoms. The Bertz CT molecular complexity index is 267. The van der Waals surface area contributed by atoms with Gasteiger partial charge >= 0.3 is 0 Å². The molecule has 0 fully saturated rings. The van der Waals surface area contributed by atoms with E-state index in [9.17, 15) is 0 Å². The molecule has 14 heavy (non-hydrogen) atoms. The second-order valence-electron chi connectivity index (χ2n) is 4.27. The summed E-state index contributed by atoms with van der Waals surface area (Å²) >= 11 is 0. The number of aryl methyl sites for hydroxylation is 1. The molecule has 0 unspecified atom stereocenters. The van der Waals surface area contributed by atoms with Gasteiger partial charge in [-0.05, 0) is 35.4 Å². The predicted octanol–water partition coefficient (Wildman–Crippen LogP) is 2.94. The van der Waals surface area contributed by atoms with E-state index >= 15 is 0 Å². The minimum atomic E-state index is 0.152. The Morgan fingerprint density at radius 1 is 1.07 bits per heavy atom. The van der Waals surface area contributed by atoms with Gasteiger partial charge in [-0.3, -0.25) is 0 Å². The lowest BCUT2D eigenvalue weighted by atomic mass is 9.98. The first kappa shape index (κ1) is 11.3. The summed E-state index contributed by atoms with van der Waals surface area (Å²) in [5, 5.41) is 9.12. The van der Waals surface area contributed by atoms with Crippen molar-refractivity contribution in [1.82, 2.24) is 0 Å². The van der Waals surface area contributed by atoms with E-state index in [0.717, 1.165) is 18.4 Å². The van der Waals surface area contributed by atoms with E-state index in [1.807, 2.05) is 0 Å². The van der Waals surface area contributed by atoms with Crippen LogP contribution in [0.4, 0.5) is 0 Å². The third kappa shape index (κ3) is 3.15. The summed E-state index contributed by atoms with van der Waals surface area (Å²) in [5.41, 5.74) is 3.72. The minimum Gasteiger partial charge on any atom is -0.392 e. The zero-order valence-corrected chi connectivity index (χ0v) is 9.38. The average Bonchev–Trinajstić information content (AvgIpc) is 2.16. The Labute approximate surface area is 86.8 Å². The van der Waals surface area contributed by atoms with Crippen molar-refractivity contribution < 1.29 is 5.11 Å². The Morgan fingerprint density at radius 2 is 1.64 bits per heavy atom. The molecule has 1 aromatic rings. The zero-order valence-electron chi connectivity index (χ0n) is 9.38. The van der Waals surface area contributed by atoms with Crippen LogP contribution in [0.3, 0.4) is 0 Å². The first-order valence-corrected chi connectivity index (χ1v) is 5.38. The highest BCUT2D eigenvalue weighted by Crippen LogP contribution is 2.14. The van der Waals surface area contributed by atoms with E-state index in [1.54, 1.807) is 0 Å². The van der Waals surface area contributed by atoms with Crippen molar-refractivity contribution in [2.24, 2.45) is 5.92 Å². The first-order chi connectivity index (χ1) is 6.65. The van der Waals surface area contributed by atoms with Crippen LogP contribution in [-0.4, -0.2) is 5.11 Å². The van der Waals surface area contributed by atoms with Crippen molar-refractivity contribution in [1.29, 1.82) is 0 Å². The molecule has 1 nitrogen and oxygen atoms in total. The van der Waals surface area contributed by atoms with Crippen LogP contribution < -0.4 is 0 Å². The maximum Gasteiger partial charge on any atom is 0.0682 e. The molecule has 1 heteroatoms. The quantitative estimate of drug-likeness (QED) is 0.777. The van der Waals surface area contributed by atoms with E-state index in [2.05, 4.69) is 39.0 Å². The Kier molecular flexibility index (Phi) is 4.15. The predicted molar refractivity (Wildman–Crippen MR) is 60.3 cm³/mol. The summed E-state index contributed by atoms with van der Waals surface area (Å²) in [6.45, 7) is 6.74. The maximum atomic E-state index is 9.12. The third-order valence-electron chi connectivity index (χ3n) is 2.35. The number of aliphatic hydroxyl groups excluding tert-OH is 1. The largest absolute Gasteiger partial charge is 0.392 e. The molecule has 0 aliphatic rings.